The molecule has 1 N–H and O–H groups in total. The van der Waals surface area contributed by atoms with Crippen LogP contribution in [0.3, 0.4) is 0 Å². The molecule has 1 aliphatic rings. The van der Waals surface area contributed by atoms with Gasteiger partial charge in [-0.15, -0.1) is 0 Å². The minimum Gasteiger partial charge on any atom is -0.310 e. The number of nitrogens with one attached hydrogen (secondary N) is 1. The summed E-state index contributed by atoms with van der Waals surface area (Å²) in [5.41, 5.74) is 2.83. The minimum absolute atomic E-state index is 0.526. The van der Waals surface area contributed by atoms with E-state index in [4.69, 9.17) is 5.10 Å². The summed E-state index contributed by atoms with van der Waals surface area (Å²) in [6.45, 7) is 9.91. The second kappa shape index (κ2) is 6.56. The lowest BCUT2D eigenvalue weighted by Gasteiger charge is -2.25. The average molecular weight is 263 g/mol. The molecular weight excluding hydrogens is 234 g/mol. The van der Waals surface area contributed by atoms with Crippen LogP contribution in [0.4, 0.5) is 0 Å². The van der Waals surface area contributed by atoms with Crippen LogP contribution < -0.4 is 5.32 Å². The van der Waals surface area contributed by atoms with E-state index < -0.39 is 0 Å². The molecule has 0 spiro atoms. The molecule has 0 amide bonds. The second-order valence-electron chi connectivity index (χ2n) is 6.48. The zero-order valence-electron chi connectivity index (χ0n) is 12.9. The van der Waals surface area contributed by atoms with Crippen LogP contribution in [-0.4, -0.2) is 15.8 Å². The van der Waals surface area contributed by atoms with E-state index in [0.717, 1.165) is 6.54 Å². The molecule has 108 valence electrons. The molecule has 0 aromatic carbocycles. The van der Waals surface area contributed by atoms with Crippen LogP contribution in [0.1, 0.15) is 83.0 Å². The first-order valence-electron chi connectivity index (χ1n) is 7.89. The first-order chi connectivity index (χ1) is 9.09. The molecule has 0 aliphatic heterocycles. The van der Waals surface area contributed by atoms with Crippen molar-refractivity contribution >= 4 is 0 Å². The number of nitrogens with zero attached hydrogens (tertiary/aromatic N) is 2. The van der Waals surface area contributed by atoms with Gasteiger partial charge in [0, 0.05) is 23.8 Å². The van der Waals surface area contributed by atoms with Crippen LogP contribution in [-0.2, 0) is 6.54 Å². The Bertz CT molecular complexity index is 387. The number of rotatable bonds is 5. The third-order valence-corrected chi connectivity index (χ3v) is 4.08. The summed E-state index contributed by atoms with van der Waals surface area (Å²) in [4.78, 5) is 0. The highest BCUT2D eigenvalue weighted by Crippen LogP contribution is 2.31. The molecular formula is C16H29N3. The van der Waals surface area contributed by atoms with E-state index in [9.17, 15) is 0 Å². The quantitative estimate of drug-likeness (QED) is 0.870. The summed E-state index contributed by atoms with van der Waals surface area (Å²) in [7, 11) is 0. The van der Waals surface area contributed by atoms with Crippen molar-refractivity contribution in [3.63, 3.8) is 0 Å². The normalized spacial score (nSPS) is 17.6. The molecule has 2 rings (SSSR count). The molecule has 1 fully saturated rings. The van der Waals surface area contributed by atoms with Crippen molar-refractivity contribution < 1.29 is 0 Å². The Hall–Kier alpha value is -0.830. The predicted molar refractivity (Wildman–Crippen MR) is 80.4 cm³/mol. The van der Waals surface area contributed by atoms with Gasteiger partial charge < -0.3 is 5.32 Å². The van der Waals surface area contributed by atoms with E-state index >= 15 is 0 Å². The standard InChI is InChI=1S/C16H29N3/c1-12(2)16-14(10-17-13(3)4)11-18-19(16)15-8-6-5-7-9-15/h11-13,15,17H,5-10H2,1-4H3. The van der Waals surface area contributed by atoms with E-state index in [1.165, 1.54) is 43.4 Å². The molecule has 0 unspecified atom stereocenters. The highest BCUT2D eigenvalue weighted by molar-refractivity contribution is 5.21. The van der Waals surface area contributed by atoms with E-state index in [2.05, 4.69) is 43.9 Å². The Kier molecular flexibility index (Phi) is 5.03. The molecule has 1 aromatic heterocycles. The third-order valence-electron chi connectivity index (χ3n) is 4.08. The summed E-state index contributed by atoms with van der Waals surface area (Å²) in [5, 5.41) is 8.24. The van der Waals surface area contributed by atoms with Gasteiger partial charge in [0.1, 0.15) is 0 Å². The van der Waals surface area contributed by atoms with Crippen molar-refractivity contribution in [1.82, 2.24) is 15.1 Å². The minimum atomic E-state index is 0.526. The van der Waals surface area contributed by atoms with E-state index in [0.29, 0.717) is 18.0 Å². The van der Waals surface area contributed by atoms with Gasteiger partial charge in [0.15, 0.2) is 0 Å². The first kappa shape index (κ1) is 14.6. The molecule has 3 heteroatoms. The maximum Gasteiger partial charge on any atom is 0.0537 e. The number of hydrogen-bond acceptors (Lipinski definition) is 2. The molecule has 1 saturated carbocycles. The molecule has 1 aromatic rings. The largest absolute Gasteiger partial charge is 0.310 e. The summed E-state index contributed by atoms with van der Waals surface area (Å²) in [6.07, 6.45) is 8.82. The van der Waals surface area contributed by atoms with Gasteiger partial charge in [0.25, 0.3) is 0 Å². The molecule has 1 heterocycles. The van der Waals surface area contributed by atoms with E-state index in [-0.39, 0.29) is 0 Å². The fourth-order valence-electron chi connectivity index (χ4n) is 3.11. The van der Waals surface area contributed by atoms with E-state index in [1.54, 1.807) is 0 Å². The second-order valence-corrected chi connectivity index (χ2v) is 6.48. The SMILES string of the molecule is CC(C)NCc1cnn(C2CCCCC2)c1C(C)C. The predicted octanol–water partition coefficient (Wildman–Crippen LogP) is 4.01. The zero-order chi connectivity index (χ0) is 13.8. The van der Waals surface area contributed by atoms with Crippen molar-refractivity contribution in [3.05, 3.63) is 17.5 Å². The summed E-state index contributed by atoms with van der Waals surface area (Å²) in [6, 6.07) is 1.16. The molecule has 0 saturated heterocycles. The molecule has 1 aliphatic carbocycles. The Morgan fingerprint density at radius 3 is 2.47 bits per heavy atom. The third kappa shape index (κ3) is 3.59. The first-order valence-corrected chi connectivity index (χ1v) is 7.89. The molecule has 0 radical (unpaired) electrons. The monoisotopic (exact) mass is 263 g/mol. The topological polar surface area (TPSA) is 29.9 Å². The lowest BCUT2D eigenvalue weighted by molar-refractivity contribution is 0.319. The smallest absolute Gasteiger partial charge is 0.0537 e. The average Bonchev–Trinajstić information content (AvgIpc) is 2.81. The van der Waals surface area contributed by atoms with Crippen LogP contribution in [0.15, 0.2) is 6.20 Å². The van der Waals surface area contributed by atoms with Crippen LogP contribution in [0.2, 0.25) is 0 Å². The van der Waals surface area contributed by atoms with Crippen molar-refractivity contribution in [2.45, 2.75) is 84.3 Å². The Labute approximate surface area is 117 Å². The lowest BCUT2D eigenvalue weighted by atomic mass is 9.94. The van der Waals surface area contributed by atoms with Gasteiger partial charge in [-0.1, -0.05) is 47.0 Å². The highest BCUT2D eigenvalue weighted by atomic mass is 15.3. The lowest BCUT2D eigenvalue weighted by Crippen LogP contribution is -2.23. The fraction of sp³-hybridized carbons (Fsp3) is 0.812. The van der Waals surface area contributed by atoms with Gasteiger partial charge in [0.05, 0.1) is 12.2 Å². The van der Waals surface area contributed by atoms with Crippen molar-refractivity contribution in [1.29, 1.82) is 0 Å². The Morgan fingerprint density at radius 1 is 1.21 bits per heavy atom. The molecule has 0 atom stereocenters. The maximum absolute atomic E-state index is 4.72. The van der Waals surface area contributed by atoms with Gasteiger partial charge in [0.2, 0.25) is 0 Å². The zero-order valence-corrected chi connectivity index (χ0v) is 12.9. The molecule has 19 heavy (non-hydrogen) atoms. The van der Waals surface area contributed by atoms with Crippen LogP contribution in [0.5, 0.6) is 0 Å². The fourth-order valence-corrected chi connectivity index (χ4v) is 3.11. The van der Waals surface area contributed by atoms with E-state index in [1.807, 2.05) is 0 Å². The van der Waals surface area contributed by atoms with Gasteiger partial charge in [-0.2, -0.15) is 5.10 Å². The summed E-state index contributed by atoms with van der Waals surface area (Å²) in [5.74, 6) is 0.549. The van der Waals surface area contributed by atoms with Crippen molar-refractivity contribution in [2.24, 2.45) is 0 Å². The molecule has 0 bridgehead atoms. The van der Waals surface area contributed by atoms with Crippen molar-refractivity contribution in [2.75, 3.05) is 0 Å². The molecule has 3 nitrogen and oxygen atoms in total. The van der Waals surface area contributed by atoms with Gasteiger partial charge >= 0.3 is 0 Å². The van der Waals surface area contributed by atoms with Crippen LogP contribution in [0, 0.1) is 0 Å². The summed E-state index contributed by atoms with van der Waals surface area (Å²) < 4.78 is 2.33. The van der Waals surface area contributed by atoms with Crippen molar-refractivity contribution in [3.8, 4) is 0 Å². The summed E-state index contributed by atoms with van der Waals surface area (Å²) >= 11 is 0. The van der Waals surface area contributed by atoms with Gasteiger partial charge in [-0.05, 0) is 18.8 Å². The van der Waals surface area contributed by atoms with Crippen LogP contribution >= 0.6 is 0 Å². The Balaban J connectivity index is 2.18. The van der Waals surface area contributed by atoms with Gasteiger partial charge in [-0.3, -0.25) is 4.68 Å². The van der Waals surface area contributed by atoms with Crippen LogP contribution in [0.25, 0.3) is 0 Å². The Morgan fingerprint density at radius 2 is 1.89 bits per heavy atom. The highest BCUT2D eigenvalue weighted by Gasteiger charge is 2.22. The number of hydrogen-bond donors (Lipinski definition) is 1. The van der Waals surface area contributed by atoms with Gasteiger partial charge in [-0.25, -0.2) is 0 Å². The number of aromatic nitrogens is 2. The maximum atomic E-state index is 4.72.